The molecular weight excluding hydrogens is 212 g/mol. The van der Waals surface area contributed by atoms with Gasteiger partial charge in [-0.3, -0.25) is 0 Å². The van der Waals surface area contributed by atoms with Crippen LogP contribution in [0.25, 0.3) is 0 Å². The lowest BCUT2D eigenvalue weighted by atomic mass is 9.70. The number of ether oxygens (including phenoxy) is 1. The van der Waals surface area contributed by atoms with Gasteiger partial charge in [0.25, 0.3) is 0 Å². The second kappa shape index (κ2) is 4.87. The summed E-state index contributed by atoms with van der Waals surface area (Å²) in [5.41, 5.74) is 0. The molecule has 3 aliphatic rings. The fourth-order valence-electron chi connectivity index (χ4n) is 4.33. The topological polar surface area (TPSA) is 25.7 Å². The Morgan fingerprint density at radius 2 is 1.94 bits per heavy atom. The van der Waals surface area contributed by atoms with E-state index in [2.05, 4.69) is 12.4 Å². The normalized spacial score (nSPS) is 50.5. The van der Waals surface area contributed by atoms with Crippen LogP contribution in [-0.2, 0) is 4.74 Å². The van der Waals surface area contributed by atoms with Gasteiger partial charge in [-0.2, -0.15) is 0 Å². The van der Waals surface area contributed by atoms with Gasteiger partial charge in [-0.05, 0) is 37.5 Å². The quantitative estimate of drug-likeness (QED) is 0.677. The van der Waals surface area contributed by atoms with E-state index >= 15 is 0 Å². The first-order valence-corrected chi connectivity index (χ1v) is 7.36. The van der Waals surface area contributed by atoms with Crippen molar-refractivity contribution in [3.05, 3.63) is 0 Å². The van der Waals surface area contributed by atoms with Gasteiger partial charge in [0.1, 0.15) is 0 Å². The molecule has 0 amide bonds. The molecule has 0 aromatic heterocycles. The Balaban J connectivity index is 1.64. The summed E-state index contributed by atoms with van der Waals surface area (Å²) >= 11 is 0. The van der Waals surface area contributed by atoms with Crippen molar-refractivity contribution in [1.82, 2.24) is 5.32 Å². The number of quaternary nitrogens is 1. The van der Waals surface area contributed by atoms with Crippen molar-refractivity contribution in [3.8, 4) is 0 Å². The maximum Gasteiger partial charge on any atom is 0.0927 e. The molecule has 1 aliphatic carbocycles. The predicted octanol–water partition coefficient (Wildman–Crippen LogP) is 0.0666. The Morgan fingerprint density at radius 3 is 2.76 bits per heavy atom. The first-order valence-electron chi connectivity index (χ1n) is 7.36. The van der Waals surface area contributed by atoms with Gasteiger partial charge in [0.2, 0.25) is 0 Å². The van der Waals surface area contributed by atoms with E-state index in [-0.39, 0.29) is 0 Å². The molecule has 17 heavy (non-hydrogen) atoms. The summed E-state index contributed by atoms with van der Waals surface area (Å²) in [5.74, 6) is 1.82. The largest absolute Gasteiger partial charge is 0.381 e. The maximum absolute atomic E-state index is 5.56. The van der Waals surface area contributed by atoms with Crippen LogP contribution in [0.3, 0.4) is 0 Å². The number of nitrogens with one attached hydrogen (secondary N) is 2. The summed E-state index contributed by atoms with van der Waals surface area (Å²) in [7, 11) is 4.22. The summed E-state index contributed by atoms with van der Waals surface area (Å²) in [4.78, 5) is 1.71. The molecule has 3 heteroatoms. The highest BCUT2D eigenvalue weighted by Crippen LogP contribution is 2.37. The Bertz CT molecular complexity index is 271. The summed E-state index contributed by atoms with van der Waals surface area (Å²) < 4.78 is 5.56. The molecule has 2 aliphatic heterocycles. The summed E-state index contributed by atoms with van der Waals surface area (Å²) in [6, 6.07) is 1.58. The van der Waals surface area contributed by atoms with Crippen molar-refractivity contribution in [2.24, 2.45) is 11.8 Å². The van der Waals surface area contributed by atoms with Gasteiger partial charge in [0.15, 0.2) is 0 Å². The number of methoxy groups -OCH3 is 1. The molecule has 2 N–H and O–H groups in total. The van der Waals surface area contributed by atoms with Gasteiger partial charge in [-0.25, -0.2) is 0 Å². The number of likely N-dealkylation sites (tertiary alicyclic amines) is 1. The van der Waals surface area contributed by atoms with Crippen LogP contribution >= 0.6 is 0 Å². The summed E-state index contributed by atoms with van der Waals surface area (Å²) in [6.45, 7) is 2.70. The monoisotopic (exact) mass is 239 g/mol. The fraction of sp³-hybridized carbons (Fsp3) is 1.00. The molecule has 98 valence electrons. The van der Waals surface area contributed by atoms with Crippen molar-refractivity contribution in [1.29, 1.82) is 0 Å². The number of hydrogen-bond acceptors (Lipinski definition) is 2. The highest BCUT2D eigenvalue weighted by Gasteiger charge is 2.42. The van der Waals surface area contributed by atoms with Crippen molar-refractivity contribution >= 4 is 0 Å². The number of likely N-dealkylation sites (N-methyl/N-ethyl adjacent to an activating group) is 1. The standard InChI is InChI=1S/C14H26N2O/c1-16-6-5-10-7-11-8-12(17-2)3-4-13(11)15-14(10)9-16/h10-15H,3-9H2,1-2H3/p+1. The van der Waals surface area contributed by atoms with Crippen LogP contribution < -0.4 is 10.2 Å². The second-order valence-corrected chi connectivity index (χ2v) is 6.51. The lowest BCUT2D eigenvalue weighted by Crippen LogP contribution is -3.12. The van der Waals surface area contributed by atoms with Crippen molar-refractivity contribution in [2.75, 3.05) is 27.2 Å². The molecule has 0 radical (unpaired) electrons. The number of fused-ring (bicyclic) bond motifs is 2. The Kier molecular flexibility index (Phi) is 3.42. The Hall–Kier alpha value is -0.120. The third-order valence-corrected chi connectivity index (χ3v) is 5.38. The minimum Gasteiger partial charge on any atom is -0.381 e. The van der Waals surface area contributed by atoms with E-state index in [0.29, 0.717) is 6.10 Å². The van der Waals surface area contributed by atoms with Crippen LogP contribution in [0.2, 0.25) is 0 Å². The lowest BCUT2D eigenvalue weighted by molar-refractivity contribution is -0.887. The molecule has 0 aromatic carbocycles. The molecule has 6 unspecified atom stereocenters. The van der Waals surface area contributed by atoms with Crippen LogP contribution in [0.1, 0.15) is 32.1 Å². The van der Waals surface area contributed by atoms with Crippen LogP contribution in [0, 0.1) is 11.8 Å². The highest BCUT2D eigenvalue weighted by atomic mass is 16.5. The Labute approximate surface area is 105 Å². The summed E-state index contributed by atoms with van der Waals surface area (Å²) in [6.07, 6.45) is 7.28. The average molecular weight is 239 g/mol. The smallest absolute Gasteiger partial charge is 0.0927 e. The van der Waals surface area contributed by atoms with Crippen molar-refractivity contribution < 1.29 is 9.64 Å². The number of rotatable bonds is 1. The van der Waals surface area contributed by atoms with E-state index in [1.807, 2.05) is 7.11 Å². The van der Waals surface area contributed by atoms with Crippen LogP contribution in [-0.4, -0.2) is 45.4 Å². The molecule has 0 spiro atoms. The van der Waals surface area contributed by atoms with Crippen molar-refractivity contribution in [3.63, 3.8) is 0 Å². The minimum absolute atomic E-state index is 0.534. The zero-order chi connectivity index (χ0) is 11.8. The number of hydrogen-bond donors (Lipinski definition) is 2. The molecule has 3 rings (SSSR count). The second-order valence-electron chi connectivity index (χ2n) is 6.51. The lowest BCUT2D eigenvalue weighted by Gasteiger charge is -2.48. The van der Waals surface area contributed by atoms with Gasteiger partial charge in [-0.1, -0.05) is 0 Å². The molecule has 0 aromatic rings. The molecule has 0 bridgehead atoms. The minimum atomic E-state index is 0.534. The van der Waals surface area contributed by atoms with Gasteiger partial charge in [0.05, 0.1) is 32.3 Å². The maximum atomic E-state index is 5.56. The molecule has 3 nitrogen and oxygen atoms in total. The van der Waals surface area contributed by atoms with Gasteiger partial charge in [0, 0.05) is 19.6 Å². The molecular formula is C14H27N2O+. The third-order valence-electron chi connectivity index (χ3n) is 5.38. The Morgan fingerprint density at radius 1 is 1.06 bits per heavy atom. The fourth-order valence-corrected chi connectivity index (χ4v) is 4.33. The summed E-state index contributed by atoms with van der Waals surface area (Å²) in [5, 5.41) is 3.96. The van der Waals surface area contributed by atoms with Gasteiger partial charge >= 0.3 is 0 Å². The molecule has 2 saturated heterocycles. The van der Waals surface area contributed by atoms with Crippen LogP contribution in [0.5, 0.6) is 0 Å². The van der Waals surface area contributed by atoms with Crippen LogP contribution in [0.15, 0.2) is 0 Å². The van der Waals surface area contributed by atoms with E-state index < -0.39 is 0 Å². The molecule has 1 saturated carbocycles. The zero-order valence-electron chi connectivity index (χ0n) is 11.2. The van der Waals surface area contributed by atoms with E-state index in [4.69, 9.17) is 4.74 Å². The van der Waals surface area contributed by atoms with Gasteiger partial charge in [-0.15, -0.1) is 0 Å². The van der Waals surface area contributed by atoms with E-state index in [1.165, 1.54) is 45.2 Å². The SMILES string of the molecule is COC1CCC2NC3C[NH+](C)CCC3CC2C1. The molecule has 2 heterocycles. The molecule has 6 atom stereocenters. The highest BCUT2D eigenvalue weighted by molar-refractivity contribution is 4.96. The first kappa shape index (κ1) is 11.9. The zero-order valence-corrected chi connectivity index (χ0v) is 11.2. The first-order chi connectivity index (χ1) is 8.26. The predicted molar refractivity (Wildman–Crippen MR) is 68.2 cm³/mol. The van der Waals surface area contributed by atoms with E-state index in [1.54, 1.807) is 4.90 Å². The molecule has 3 fully saturated rings. The van der Waals surface area contributed by atoms with Crippen molar-refractivity contribution in [2.45, 2.75) is 50.3 Å². The van der Waals surface area contributed by atoms with E-state index in [9.17, 15) is 0 Å². The number of piperidine rings is 2. The average Bonchev–Trinajstić information content (AvgIpc) is 2.35. The van der Waals surface area contributed by atoms with Gasteiger partial charge < -0.3 is 15.0 Å². The third kappa shape index (κ3) is 2.38. The van der Waals surface area contributed by atoms with Crippen LogP contribution in [0.4, 0.5) is 0 Å². The van der Waals surface area contributed by atoms with E-state index in [0.717, 1.165) is 23.9 Å².